The van der Waals surface area contributed by atoms with E-state index >= 15 is 0 Å². The number of hydrogen-bond donors (Lipinski definition) is 4. The number of terminal acetylenes is 1. The number of imidazole rings is 2. The molecule has 2 aromatic heterocycles. The average molecular weight is 479 g/mol. The lowest BCUT2D eigenvalue weighted by atomic mass is 10.0. The number of nitrogens with zero attached hydrogens (tertiary/aromatic N) is 2. The Kier molecular flexibility index (Phi) is 7.61. The van der Waals surface area contributed by atoms with Crippen LogP contribution in [0, 0.1) is 18.8 Å². The van der Waals surface area contributed by atoms with Gasteiger partial charge in [-0.25, -0.2) is 9.97 Å². The number of hydrogen-bond acceptors (Lipinski definition) is 4. The van der Waals surface area contributed by atoms with Crippen molar-refractivity contribution in [3.8, 4) is 46.5 Å². The molecule has 4 N–H and O–H groups in total. The number of H-pyrrole nitrogens is 2. The maximum atomic E-state index is 4.60. The van der Waals surface area contributed by atoms with Crippen LogP contribution in [-0.4, -0.2) is 33.0 Å². The van der Waals surface area contributed by atoms with Gasteiger partial charge in [0.15, 0.2) is 0 Å². The van der Waals surface area contributed by atoms with Crippen molar-refractivity contribution in [1.82, 2.24) is 30.6 Å². The van der Waals surface area contributed by atoms with Gasteiger partial charge in [0.25, 0.3) is 0 Å². The molecular formula is C30H34N6. The summed E-state index contributed by atoms with van der Waals surface area (Å²) in [5, 5.41) is 7.00. The zero-order chi connectivity index (χ0) is 24.7. The zero-order valence-corrected chi connectivity index (χ0v) is 20.6. The first-order valence-electron chi connectivity index (χ1n) is 12.9. The van der Waals surface area contributed by atoms with Crippen LogP contribution in [0.4, 0.5) is 0 Å². The minimum absolute atomic E-state index is 0.362. The number of benzene rings is 2. The molecule has 1 aliphatic heterocycles. The second-order valence-corrected chi connectivity index (χ2v) is 9.64. The van der Waals surface area contributed by atoms with Crippen LogP contribution in [0.2, 0.25) is 0 Å². The van der Waals surface area contributed by atoms with E-state index in [4.69, 9.17) is 0 Å². The summed E-state index contributed by atoms with van der Waals surface area (Å²) in [6.07, 6.45) is 18.4. The molecule has 36 heavy (non-hydrogen) atoms. The van der Waals surface area contributed by atoms with E-state index in [9.17, 15) is 0 Å². The lowest BCUT2D eigenvalue weighted by Crippen LogP contribution is -2.16. The molecule has 2 fully saturated rings. The number of nitrogens with one attached hydrogen (secondary N) is 4. The van der Waals surface area contributed by atoms with Crippen molar-refractivity contribution in [1.29, 1.82) is 0 Å². The Morgan fingerprint density at radius 1 is 0.778 bits per heavy atom. The van der Waals surface area contributed by atoms with Gasteiger partial charge in [-0.3, -0.25) is 0 Å². The SMILES string of the molecule is C#C.c1cc(-c2cnc(CNCCC3CC3)[nH]2)ccc1-c1ccc(-c2cnc([C@@H]3CCCN3)[nH]2)cc1. The van der Waals surface area contributed by atoms with Crippen molar-refractivity contribution < 1.29 is 0 Å². The summed E-state index contributed by atoms with van der Waals surface area (Å²) in [6.45, 7) is 2.95. The van der Waals surface area contributed by atoms with Crippen LogP contribution in [0.3, 0.4) is 0 Å². The van der Waals surface area contributed by atoms with Crippen LogP contribution in [0.1, 0.15) is 49.8 Å². The van der Waals surface area contributed by atoms with Gasteiger partial charge < -0.3 is 20.6 Å². The standard InChI is InChI=1S/C28H32N6.C2H2/c1-2-24(30-14-1)28-32-17-26(34-28)23-11-7-21(8-12-23)20-5-9-22(10-6-20)25-16-31-27(33-25)18-29-15-13-19-3-4-19;1-2/h5-12,16-17,19,24,29-30H,1-4,13-15,18H2,(H,31,33)(H,32,34);1-2H/t24-;/m0./s1. The van der Waals surface area contributed by atoms with Gasteiger partial charge in [-0.05, 0) is 60.5 Å². The fourth-order valence-corrected chi connectivity index (χ4v) is 4.78. The van der Waals surface area contributed by atoms with E-state index in [1.54, 1.807) is 0 Å². The van der Waals surface area contributed by atoms with Crippen molar-refractivity contribution in [3.05, 3.63) is 72.6 Å². The van der Waals surface area contributed by atoms with Crippen molar-refractivity contribution >= 4 is 0 Å². The third-order valence-corrected chi connectivity index (χ3v) is 7.06. The largest absolute Gasteiger partial charge is 0.341 e. The minimum Gasteiger partial charge on any atom is -0.341 e. The molecule has 1 aliphatic carbocycles. The van der Waals surface area contributed by atoms with Gasteiger partial charge in [-0.15, -0.1) is 12.8 Å². The molecule has 1 atom stereocenters. The van der Waals surface area contributed by atoms with Crippen LogP contribution in [-0.2, 0) is 6.54 Å². The average Bonchev–Trinajstić information content (AvgIpc) is 3.33. The van der Waals surface area contributed by atoms with Crippen LogP contribution in [0.25, 0.3) is 33.6 Å². The third-order valence-electron chi connectivity index (χ3n) is 7.06. The Hall–Kier alpha value is -3.66. The Morgan fingerprint density at radius 2 is 1.39 bits per heavy atom. The number of aromatic nitrogens is 4. The quantitative estimate of drug-likeness (QED) is 0.184. The molecule has 3 heterocycles. The van der Waals surface area contributed by atoms with E-state index < -0.39 is 0 Å². The Morgan fingerprint density at radius 3 is 2.00 bits per heavy atom. The predicted octanol–water partition coefficient (Wildman–Crippen LogP) is 5.70. The van der Waals surface area contributed by atoms with E-state index in [1.165, 1.54) is 36.8 Å². The summed E-state index contributed by atoms with van der Waals surface area (Å²) < 4.78 is 0. The first-order valence-corrected chi connectivity index (χ1v) is 12.9. The molecule has 6 nitrogen and oxygen atoms in total. The number of rotatable bonds is 9. The van der Waals surface area contributed by atoms with E-state index in [2.05, 4.69) is 91.9 Å². The highest BCUT2D eigenvalue weighted by Crippen LogP contribution is 2.32. The molecule has 6 rings (SSSR count). The summed E-state index contributed by atoms with van der Waals surface area (Å²) in [6, 6.07) is 17.7. The van der Waals surface area contributed by atoms with Crippen molar-refractivity contribution in [2.45, 2.75) is 44.7 Å². The maximum Gasteiger partial charge on any atom is 0.123 e. The zero-order valence-electron chi connectivity index (χ0n) is 20.6. The summed E-state index contributed by atoms with van der Waals surface area (Å²) in [5.41, 5.74) is 6.86. The van der Waals surface area contributed by atoms with Gasteiger partial charge in [-0.1, -0.05) is 61.4 Å². The Labute approximate surface area is 213 Å². The van der Waals surface area contributed by atoms with Gasteiger partial charge in [0.05, 0.1) is 36.4 Å². The van der Waals surface area contributed by atoms with Crippen LogP contribution in [0.5, 0.6) is 0 Å². The summed E-state index contributed by atoms with van der Waals surface area (Å²) in [5.74, 6) is 3.01. The molecule has 1 saturated heterocycles. The van der Waals surface area contributed by atoms with Gasteiger partial charge in [0.2, 0.25) is 0 Å². The van der Waals surface area contributed by atoms with Crippen LogP contribution < -0.4 is 10.6 Å². The highest BCUT2D eigenvalue weighted by molar-refractivity contribution is 5.71. The maximum absolute atomic E-state index is 4.60. The fourth-order valence-electron chi connectivity index (χ4n) is 4.78. The second kappa shape index (κ2) is 11.4. The molecule has 2 aromatic carbocycles. The highest BCUT2D eigenvalue weighted by atomic mass is 15.0. The highest BCUT2D eigenvalue weighted by Gasteiger charge is 2.20. The molecule has 0 amide bonds. The van der Waals surface area contributed by atoms with E-state index in [-0.39, 0.29) is 0 Å². The Bertz CT molecular complexity index is 1250. The monoisotopic (exact) mass is 478 g/mol. The molecule has 2 aliphatic rings. The lowest BCUT2D eigenvalue weighted by molar-refractivity contribution is 0.601. The molecule has 0 spiro atoms. The lowest BCUT2D eigenvalue weighted by Gasteiger charge is -2.06. The van der Waals surface area contributed by atoms with Gasteiger partial charge >= 0.3 is 0 Å². The molecule has 4 aromatic rings. The topological polar surface area (TPSA) is 81.4 Å². The molecule has 0 unspecified atom stereocenters. The first-order chi connectivity index (χ1) is 17.8. The van der Waals surface area contributed by atoms with Gasteiger partial charge in [-0.2, -0.15) is 0 Å². The van der Waals surface area contributed by atoms with Gasteiger partial charge in [0.1, 0.15) is 11.6 Å². The van der Waals surface area contributed by atoms with E-state index in [0.29, 0.717) is 6.04 Å². The summed E-state index contributed by atoms with van der Waals surface area (Å²) in [4.78, 5) is 16.1. The summed E-state index contributed by atoms with van der Waals surface area (Å²) in [7, 11) is 0. The molecule has 0 radical (unpaired) electrons. The van der Waals surface area contributed by atoms with Crippen molar-refractivity contribution in [2.24, 2.45) is 5.92 Å². The minimum atomic E-state index is 0.362. The van der Waals surface area contributed by atoms with Gasteiger partial charge in [0, 0.05) is 0 Å². The molecule has 184 valence electrons. The molecule has 6 heteroatoms. The first kappa shape index (κ1) is 24.1. The van der Waals surface area contributed by atoms with Crippen molar-refractivity contribution in [2.75, 3.05) is 13.1 Å². The fraction of sp³-hybridized carbons (Fsp3) is 0.333. The normalized spacial score (nSPS) is 17.0. The third kappa shape index (κ3) is 5.76. The van der Waals surface area contributed by atoms with Crippen LogP contribution in [0.15, 0.2) is 60.9 Å². The Balaban J connectivity index is 0.00000130. The van der Waals surface area contributed by atoms with Crippen molar-refractivity contribution in [3.63, 3.8) is 0 Å². The smallest absolute Gasteiger partial charge is 0.123 e. The van der Waals surface area contributed by atoms with E-state index in [0.717, 1.165) is 66.1 Å². The molecule has 0 bridgehead atoms. The predicted molar refractivity (Wildman–Crippen MR) is 146 cm³/mol. The van der Waals surface area contributed by atoms with Crippen LogP contribution >= 0.6 is 0 Å². The molecular weight excluding hydrogens is 444 g/mol. The molecule has 1 saturated carbocycles. The second-order valence-electron chi connectivity index (χ2n) is 9.64. The number of aromatic amines is 2. The van der Waals surface area contributed by atoms with E-state index in [1.807, 2.05) is 12.4 Å². The summed E-state index contributed by atoms with van der Waals surface area (Å²) >= 11 is 0.